The van der Waals surface area contributed by atoms with Crippen LogP contribution < -0.4 is 10.2 Å². The van der Waals surface area contributed by atoms with Crippen LogP contribution in [0.15, 0.2) is 54.6 Å². The van der Waals surface area contributed by atoms with Gasteiger partial charge in [0.05, 0.1) is 0 Å². The van der Waals surface area contributed by atoms with Gasteiger partial charge in [-0.1, -0.05) is 30.3 Å². The Kier molecular flexibility index (Phi) is 5.46. The Labute approximate surface area is 147 Å². The van der Waals surface area contributed by atoms with Crippen molar-refractivity contribution in [3.63, 3.8) is 0 Å². The summed E-state index contributed by atoms with van der Waals surface area (Å²) in [5.74, 6) is -0.409. The summed E-state index contributed by atoms with van der Waals surface area (Å²) >= 11 is 0. The molecule has 132 valence electrons. The fraction of sp³-hybridized carbons (Fsp3) is 0.350. The number of benzene rings is 2. The van der Waals surface area contributed by atoms with Crippen molar-refractivity contribution < 1.29 is 18.8 Å². The molecule has 0 spiro atoms. The van der Waals surface area contributed by atoms with Gasteiger partial charge in [-0.05, 0) is 38.1 Å². The Balaban J connectivity index is 1.85. The Morgan fingerprint density at radius 1 is 1.08 bits per heavy atom. The van der Waals surface area contributed by atoms with E-state index in [1.54, 1.807) is 12.1 Å². The maximum atomic E-state index is 13.1. The number of halogens is 1. The van der Waals surface area contributed by atoms with Crippen molar-refractivity contribution in [3.8, 4) is 0 Å². The third-order valence-electron chi connectivity index (χ3n) is 4.48. The van der Waals surface area contributed by atoms with Gasteiger partial charge in [-0.25, -0.2) is 4.39 Å². The standard InChI is InChI=1S/C20H23FN2O2/c1-14-12-23(13-15(2)25-14)19(16-6-4-3-5-7-16)20(24)22-18-10-8-17(21)9-11-18/h3-11,14-15,19H,12-13H2,1-2H3,(H,22,24)/p+1/t14-,15-,19-/m0/s1. The highest BCUT2D eigenvalue weighted by atomic mass is 19.1. The highest BCUT2D eigenvalue weighted by Crippen LogP contribution is 2.16. The first-order valence-corrected chi connectivity index (χ1v) is 8.64. The van der Waals surface area contributed by atoms with Gasteiger partial charge in [0.1, 0.15) is 31.1 Å². The summed E-state index contributed by atoms with van der Waals surface area (Å²) in [5.41, 5.74) is 1.57. The topological polar surface area (TPSA) is 42.8 Å². The third-order valence-corrected chi connectivity index (χ3v) is 4.48. The first-order chi connectivity index (χ1) is 12.0. The van der Waals surface area contributed by atoms with Crippen molar-refractivity contribution in [2.75, 3.05) is 18.4 Å². The number of morpholine rings is 1. The Morgan fingerprint density at radius 2 is 1.68 bits per heavy atom. The van der Waals surface area contributed by atoms with E-state index < -0.39 is 0 Å². The summed E-state index contributed by atoms with van der Waals surface area (Å²) in [7, 11) is 0. The minimum absolute atomic E-state index is 0.0888. The number of anilines is 1. The minimum Gasteiger partial charge on any atom is -0.364 e. The van der Waals surface area contributed by atoms with Crippen molar-refractivity contribution in [3.05, 3.63) is 66.0 Å². The minimum atomic E-state index is -0.333. The average Bonchev–Trinajstić information content (AvgIpc) is 2.57. The molecule has 1 fully saturated rings. The second kappa shape index (κ2) is 7.76. The molecule has 1 aliphatic heterocycles. The number of hydrogen-bond acceptors (Lipinski definition) is 2. The third kappa shape index (κ3) is 4.44. The van der Waals surface area contributed by atoms with E-state index in [2.05, 4.69) is 5.32 Å². The lowest BCUT2D eigenvalue weighted by Crippen LogP contribution is -3.16. The Bertz CT molecular complexity index is 695. The van der Waals surface area contributed by atoms with Gasteiger partial charge in [-0.2, -0.15) is 0 Å². The van der Waals surface area contributed by atoms with Crippen molar-refractivity contribution in [1.29, 1.82) is 0 Å². The molecule has 1 aliphatic rings. The maximum absolute atomic E-state index is 13.1. The van der Waals surface area contributed by atoms with Crippen LogP contribution in [0.1, 0.15) is 25.5 Å². The van der Waals surface area contributed by atoms with E-state index in [1.807, 2.05) is 44.2 Å². The second-order valence-corrected chi connectivity index (χ2v) is 6.66. The monoisotopic (exact) mass is 343 g/mol. The van der Waals surface area contributed by atoms with Gasteiger partial charge in [-0.15, -0.1) is 0 Å². The lowest BCUT2D eigenvalue weighted by Gasteiger charge is -2.36. The van der Waals surface area contributed by atoms with Crippen LogP contribution in [0.2, 0.25) is 0 Å². The molecule has 0 aliphatic carbocycles. The van der Waals surface area contributed by atoms with Crippen LogP contribution in [0.4, 0.5) is 10.1 Å². The average molecular weight is 343 g/mol. The number of quaternary nitrogens is 1. The summed E-state index contributed by atoms with van der Waals surface area (Å²) < 4.78 is 18.9. The summed E-state index contributed by atoms with van der Waals surface area (Å²) in [6.45, 7) is 5.60. The first kappa shape index (κ1) is 17.6. The van der Waals surface area contributed by atoms with Gasteiger partial charge in [0, 0.05) is 11.3 Å². The molecule has 0 bridgehead atoms. The van der Waals surface area contributed by atoms with Crippen molar-refractivity contribution in [1.82, 2.24) is 0 Å². The number of carbonyl (C=O) groups is 1. The summed E-state index contributed by atoms with van der Waals surface area (Å²) in [4.78, 5) is 14.2. The molecule has 2 aromatic carbocycles. The van der Waals surface area contributed by atoms with Gasteiger partial charge in [-0.3, -0.25) is 4.79 Å². The fourth-order valence-corrected chi connectivity index (χ4v) is 3.52. The van der Waals surface area contributed by atoms with Crippen LogP contribution in [0.5, 0.6) is 0 Å². The summed E-state index contributed by atoms with van der Waals surface area (Å²) in [6, 6.07) is 15.3. The predicted octanol–water partition coefficient (Wildman–Crippen LogP) is 2.20. The van der Waals surface area contributed by atoms with Crippen molar-refractivity contribution in [2.24, 2.45) is 0 Å². The Morgan fingerprint density at radius 3 is 2.28 bits per heavy atom. The Hall–Kier alpha value is -2.24. The SMILES string of the molecule is C[C@H]1C[NH+]([C@H](C(=O)Nc2ccc(F)cc2)c2ccccc2)C[C@H](C)O1. The smallest absolute Gasteiger partial charge is 0.287 e. The molecule has 0 aromatic heterocycles. The first-order valence-electron chi connectivity index (χ1n) is 8.64. The fourth-order valence-electron chi connectivity index (χ4n) is 3.52. The van der Waals surface area contributed by atoms with Gasteiger partial charge >= 0.3 is 0 Å². The molecule has 25 heavy (non-hydrogen) atoms. The van der Waals surface area contributed by atoms with E-state index in [9.17, 15) is 9.18 Å². The molecular weight excluding hydrogens is 319 g/mol. The van der Waals surface area contributed by atoms with Crippen LogP contribution in [0.25, 0.3) is 0 Å². The van der Waals surface area contributed by atoms with Crippen molar-refractivity contribution in [2.45, 2.75) is 32.1 Å². The molecule has 0 saturated carbocycles. The lowest BCUT2D eigenvalue weighted by atomic mass is 10.0. The van der Waals surface area contributed by atoms with E-state index in [1.165, 1.54) is 17.0 Å². The van der Waals surface area contributed by atoms with E-state index >= 15 is 0 Å². The molecule has 3 rings (SSSR count). The number of rotatable bonds is 4. The van der Waals surface area contributed by atoms with Gasteiger partial charge in [0.15, 0.2) is 6.04 Å². The van der Waals surface area contributed by atoms with Crippen molar-refractivity contribution >= 4 is 11.6 Å². The molecule has 4 nitrogen and oxygen atoms in total. The molecule has 5 heteroatoms. The molecule has 0 radical (unpaired) electrons. The van der Waals surface area contributed by atoms with Crippen LogP contribution >= 0.6 is 0 Å². The van der Waals surface area contributed by atoms with Gasteiger partial charge < -0.3 is 15.0 Å². The number of carbonyl (C=O) groups excluding carboxylic acids is 1. The molecule has 1 saturated heterocycles. The zero-order valence-electron chi connectivity index (χ0n) is 14.5. The van der Waals surface area contributed by atoms with Crippen LogP contribution in [0, 0.1) is 5.82 Å². The number of hydrogen-bond donors (Lipinski definition) is 2. The maximum Gasteiger partial charge on any atom is 0.287 e. The molecule has 2 N–H and O–H groups in total. The predicted molar refractivity (Wildman–Crippen MR) is 94.9 cm³/mol. The van der Waals surface area contributed by atoms with Gasteiger partial charge in [0.25, 0.3) is 5.91 Å². The van der Waals surface area contributed by atoms with E-state index in [0.29, 0.717) is 5.69 Å². The highest BCUT2D eigenvalue weighted by molar-refractivity contribution is 5.94. The quantitative estimate of drug-likeness (QED) is 0.894. The number of ether oxygens (including phenoxy) is 1. The van der Waals surface area contributed by atoms with E-state index in [0.717, 1.165) is 18.7 Å². The van der Waals surface area contributed by atoms with E-state index in [4.69, 9.17) is 4.74 Å². The summed E-state index contributed by atoms with van der Waals surface area (Å²) in [6.07, 6.45) is 0.201. The van der Waals surface area contributed by atoms with E-state index in [-0.39, 0.29) is 30.0 Å². The molecule has 1 amide bonds. The zero-order valence-corrected chi connectivity index (χ0v) is 14.5. The molecule has 2 aromatic rings. The molecular formula is C20H24FN2O2+. The number of nitrogens with one attached hydrogen (secondary N) is 2. The van der Waals surface area contributed by atoms with Crippen LogP contribution in [0.3, 0.4) is 0 Å². The largest absolute Gasteiger partial charge is 0.364 e. The molecule has 1 heterocycles. The molecule has 3 atom stereocenters. The normalized spacial score (nSPS) is 24.5. The van der Waals surface area contributed by atoms with Crippen LogP contribution in [-0.2, 0) is 9.53 Å². The zero-order chi connectivity index (χ0) is 17.8. The lowest BCUT2D eigenvalue weighted by molar-refractivity contribution is -0.936. The van der Waals surface area contributed by atoms with Gasteiger partial charge in [0.2, 0.25) is 0 Å². The summed E-state index contributed by atoms with van der Waals surface area (Å²) in [5, 5.41) is 2.93. The highest BCUT2D eigenvalue weighted by Gasteiger charge is 2.37. The molecule has 0 unspecified atom stereocenters. The van der Waals surface area contributed by atoms with Crippen LogP contribution in [-0.4, -0.2) is 31.2 Å². The second-order valence-electron chi connectivity index (χ2n) is 6.66. The number of amides is 1.